The van der Waals surface area contributed by atoms with Crippen molar-refractivity contribution >= 4 is 23.0 Å². The van der Waals surface area contributed by atoms with E-state index < -0.39 is 4.92 Å². The molecule has 1 atom stereocenters. The summed E-state index contributed by atoms with van der Waals surface area (Å²) < 4.78 is 1.67. The summed E-state index contributed by atoms with van der Waals surface area (Å²) in [7, 11) is 0. The molecule has 0 aromatic carbocycles. The van der Waals surface area contributed by atoms with E-state index in [2.05, 4.69) is 34.1 Å². The average molecular weight is 345 g/mol. The first-order valence-electron chi connectivity index (χ1n) is 8.89. The van der Waals surface area contributed by atoms with Crippen molar-refractivity contribution in [1.82, 2.24) is 19.9 Å². The molecule has 1 unspecified atom stereocenters. The van der Waals surface area contributed by atoms with E-state index in [0.29, 0.717) is 11.7 Å². The van der Waals surface area contributed by atoms with Crippen LogP contribution < -0.4 is 15.1 Å². The van der Waals surface area contributed by atoms with Crippen LogP contribution in [-0.4, -0.2) is 58.3 Å². The molecule has 9 nitrogen and oxygen atoms in total. The lowest BCUT2D eigenvalue weighted by Crippen LogP contribution is -2.44. The zero-order valence-corrected chi connectivity index (χ0v) is 14.6. The van der Waals surface area contributed by atoms with Crippen LogP contribution in [-0.2, 0) is 6.42 Å². The molecule has 0 radical (unpaired) electrons. The Morgan fingerprint density at radius 1 is 1.36 bits per heavy atom. The normalized spacial score (nSPS) is 18.6. The molecule has 9 heteroatoms. The molecule has 4 heterocycles. The lowest BCUT2D eigenvalue weighted by molar-refractivity contribution is -0.383. The Kier molecular flexibility index (Phi) is 3.95. The molecule has 2 aromatic rings. The van der Waals surface area contributed by atoms with Gasteiger partial charge in [-0.1, -0.05) is 6.92 Å². The van der Waals surface area contributed by atoms with Crippen molar-refractivity contribution in [1.29, 1.82) is 0 Å². The van der Waals surface area contributed by atoms with E-state index in [0.717, 1.165) is 62.8 Å². The Labute approximate surface area is 145 Å². The minimum atomic E-state index is -0.397. The lowest BCUT2D eigenvalue weighted by Gasteiger charge is -2.31. The first-order chi connectivity index (χ1) is 12.1. The number of fused-ring (bicyclic) bond motifs is 3. The van der Waals surface area contributed by atoms with Gasteiger partial charge in [0.1, 0.15) is 17.8 Å². The van der Waals surface area contributed by atoms with Gasteiger partial charge in [-0.3, -0.25) is 10.1 Å². The third-order valence-corrected chi connectivity index (χ3v) is 5.29. The quantitative estimate of drug-likeness (QED) is 0.658. The molecule has 2 aliphatic heterocycles. The van der Waals surface area contributed by atoms with Crippen LogP contribution in [0.5, 0.6) is 0 Å². The fraction of sp³-hybridized carbons (Fsp3) is 0.625. The minimum absolute atomic E-state index is 0.0322. The number of nitrogens with one attached hydrogen (secondary N) is 1. The number of nitrogens with zero attached hydrogens (tertiary/aromatic N) is 6. The van der Waals surface area contributed by atoms with Gasteiger partial charge in [-0.2, -0.15) is 9.61 Å². The lowest BCUT2D eigenvalue weighted by atomic mass is 10.2. The van der Waals surface area contributed by atoms with Crippen molar-refractivity contribution in [3.05, 3.63) is 21.9 Å². The predicted molar refractivity (Wildman–Crippen MR) is 95.5 cm³/mol. The van der Waals surface area contributed by atoms with Gasteiger partial charge in [0.05, 0.1) is 4.92 Å². The van der Waals surface area contributed by atoms with E-state index in [1.165, 1.54) is 6.20 Å². The minimum Gasteiger partial charge on any atom is -0.354 e. The summed E-state index contributed by atoms with van der Waals surface area (Å²) in [6.07, 6.45) is 3.22. The summed E-state index contributed by atoms with van der Waals surface area (Å²) in [6.45, 7) is 8.77. The van der Waals surface area contributed by atoms with E-state index in [-0.39, 0.29) is 5.69 Å². The molecule has 0 bridgehead atoms. The summed E-state index contributed by atoms with van der Waals surface area (Å²) in [5, 5.41) is 19.1. The summed E-state index contributed by atoms with van der Waals surface area (Å²) >= 11 is 0. The SMILES string of the molecule is CCC(C)N1CCc2c(N3CCNCC3)nc3c([N+](=O)[O-])cnn3c21. The van der Waals surface area contributed by atoms with E-state index in [4.69, 9.17) is 4.98 Å². The second-order valence-corrected chi connectivity index (χ2v) is 6.70. The number of hydrogen-bond donors (Lipinski definition) is 1. The first kappa shape index (κ1) is 16.1. The van der Waals surface area contributed by atoms with Gasteiger partial charge in [-0.05, 0) is 19.8 Å². The zero-order valence-electron chi connectivity index (χ0n) is 14.6. The first-order valence-corrected chi connectivity index (χ1v) is 8.89. The van der Waals surface area contributed by atoms with Crippen LogP contribution in [0, 0.1) is 10.1 Å². The standard InChI is InChI=1S/C16H23N7O2/c1-3-11(2)21-7-4-12-14(20-8-5-17-6-9-20)19-15-13(23(24)25)10-18-22(15)16(12)21/h10-11,17H,3-9H2,1-2H3. The molecular formula is C16H23N7O2. The third kappa shape index (κ3) is 2.50. The fourth-order valence-electron chi connectivity index (χ4n) is 3.76. The van der Waals surface area contributed by atoms with Crippen LogP contribution in [0.1, 0.15) is 25.8 Å². The van der Waals surface area contributed by atoms with Crippen LogP contribution >= 0.6 is 0 Å². The second kappa shape index (κ2) is 6.14. The number of hydrogen-bond acceptors (Lipinski definition) is 7. The number of aromatic nitrogens is 3. The van der Waals surface area contributed by atoms with Crippen molar-refractivity contribution in [3.63, 3.8) is 0 Å². The summed E-state index contributed by atoms with van der Waals surface area (Å²) in [4.78, 5) is 20.3. The molecule has 2 aromatic heterocycles. The van der Waals surface area contributed by atoms with E-state index in [9.17, 15) is 10.1 Å². The Hall–Kier alpha value is -2.42. The van der Waals surface area contributed by atoms with Gasteiger partial charge >= 0.3 is 5.69 Å². The molecule has 1 N–H and O–H groups in total. The van der Waals surface area contributed by atoms with Gasteiger partial charge in [-0.15, -0.1) is 0 Å². The Morgan fingerprint density at radius 3 is 2.80 bits per heavy atom. The fourth-order valence-corrected chi connectivity index (χ4v) is 3.76. The number of nitro groups is 1. The monoisotopic (exact) mass is 345 g/mol. The summed E-state index contributed by atoms with van der Waals surface area (Å²) in [5.74, 6) is 1.86. The van der Waals surface area contributed by atoms with E-state index >= 15 is 0 Å². The van der Waals surface area contributed by atoms with Gasteiger partial charge < -0.3 is 15.1 Å². The van der Waals surface area contributed by atoms with Crippen molar-refractivity contribution < 1.29 is 4.92 Å². The number of rotatable bonds is 4. The van der Waals surface area contributed by atoms with Gasteiger partial charge in [0.15, 0.2) is 0 Å². The molecule has 0 spiro atoms. The maximum Gasteiger partial charge on any atom is 0.333 e. The topological polar surface area (TPSA) is 91.8 Å². The third-order valence-electron chi connectivity index (χ3n) is 5.29. The molecule has 0 amide bonds. The molecule has 0 aliphatic carbocycles. The number of piperazine rings is 1. The van der Waals surface area contributed by atoms with Gasteiger partial charge in [0.2, 0.25) is 5.65 Å². The van der Waals surface area contributed by atoms with Gasteiger partial charge in [0.25, 0.3) is 0 Å². The molecule has 25 heavy (non-hydrogen) atoms. The molecular weight excluding hydrogens is 322 g/mol. The van der Waals surface area contributed by atoms with Crippen LogP contribution in [0.2, 0.25) is 0 Å². The van der Waals surface area contributed by atoms with E-state index in [1.54, 1.807) is 4.52 Å². The second-order valence-electron chi connectivity index (χ2n) is 6.70. The molecule has 1 saturated heterocycles. The summed E-state index contributed by atoms with van der Waals surface area (Å²) in [5.41, 5.74) is 1.47. The van der Waals surface area contributed by atoms with Crippen molar-refractivity contribution in [2.75, 3.05) is 42.5 Å². The predicted octanol–water partition coefficient (Wildman–Crippen LogP) is 1.21. The Bertz CT molecular complexity index is 812. The zero-order chi connectivity index (χ0) is 17.6. The van der Waals surface area contributed by atoms with Crippen LogP contribution in [0.4, 0.5) is 17.3 Å². The van der Waals surface area contributed by atoms with Gasteiger partial charge in [0, 0.05) is 44.3 Å². The Balaban J connectivity index is 1.93. The van der Waals surface area contributed by atoms with Crippen molar-refractivity contribution in [3.8, 4) is 0 Å². The Morgan fingerprint density at radius 2 is 2.12 bits per heavy atom. The maximum absolute atomic E-state index is 11.4. The summed E-state index contributed by atoms with van der Waals surface area (Å²) in [6, 6.07) is 0.353. The van der Waals surface area contributed by atoms with Crippen molar-refractivity contribution in [2.24, 2.45) is 0 Å². The van der Waals surface area contributed by atoms with Crippen LogP contribution in [0.3, 0.4) is 0 Å². The molecule has 134 valence electrons. The van der Waals surface area contributed by atoms with Crippen molar-refractivity contribution in [2.45, 2.75) is 32.7 Å². The molecule has 4 rings (SSSR count). The highest BCUT2D eigenvalue weighted by atomic mass is 16.6. The average Bonchev–Trinajstić information content (AvgIpc) is 3.24. The highest BCUT2D eigenvalue weighted by Gasteiger charge is 2.33. The maximum atomic E-state index is 11.4. The molecule has 1 fully saturated rings. The smallest absolute Gasteiger partial charge is 0.333 e. The molecule has 2 aliphatic rings. The number of anilines is 2. The highest BCUT2D eigenvalue weighted by Crippen LogP contribution is 2.38. The molecule has 0 saturated carbocycles. The van der Waals surface area contributed by atoms with Crippen LogP contribution in [0.15, 0.2) is 6.20 Å². The van der Waals surface area contributed by atoms with Crippen LogP contribution in [0.25, 0.3) is 5.65 Å². The van der Waals surface area contributed by atoms with Gasteiger partial charge in [-0.25, -0.2) is 4.98 Å². The highest BCUT2D eigenvalue weighted by molar-refractivity contribution is 5.73. The largest absolute Gasteiger partial charge is 0.354 e. The van der Waals surface area contributed by atoms with E-state index in [1.807, 2.05) is 0 Å².